The van der Waals surface area contributed by atoms with Gasteiger partial charge in [0.15, 0.2) is 0 Å². The van der Waals surface area contributed by atoms with Crippen LogP contribution in [0.15, 0.2) is 55.2 Å². The third-order valence-corrected chi connectivity index (χ3v) is 6.84. The molecule has 8 heteroatoms. The summed E-state index contributed by atoms with van der Waals surface area (Å²) in [5.41, 5.74) is -0.371. The van der Waals surface area contributed by atoms with Crippen molar-refractivity contribution in [2.45, 2.75) is 129 Å². The molecule has 0 fully saturated rings. The van der Waals surface area contributed by atoms with E-state index in [0.717, 1.165) is 38.2 Å². The van der Waals surface area contributed by atoms with Crippen molar-refractivity contribution in [2.24, 2.45) is 0 Å². The Bertz CT molecular complexity index is 1030. The van der Waals surface area contributed by atoms with E-state index in [0.29, 0.717) is 13.2 Å². The second kappa shape index (κ2) is 25.5. The standard InChI is InChI=1S/C20H32O4.C14H20O4/c1-2-3-4-5-6-7-8-9-10-11-12-13-16-23-20(22)18-14-15-19(21)24-17-18;1-2-3-4-5-6-7-10-17-14(16)12-8-9-13(15)18-11-12/h14-15,17H,2-13,16H2,1H3;8-9,11H,2-7,10H2,1H3. The molecule has 0 aliphatic rings. The topological polar surface area (TPSA) is 113 Å². The van der Waals surface area contributed by atoms with Crippen molar-refractivity contribution in [1.29, 1.82) is 0 Å². The second-order valence-corrected chi connectivity index (χ2v) is 10.6. The monoisotopic (exact) mass is 588 g/mol. The van der Waals surface area contributed by atoms with Gasteiger partial charge in [-0.25, -0.2) is 19.2 Å². The molecule has 0 aliphatic heterocycles. The van der Waals surface area contributed by atoms with Crippen LogP contribution >= 0.6 is 0 Å². The predicted octanol–water partition coefficient (Wildman–Crippen LogP) is 8.65. The Morgan fingerprint density at radius 2 is 0.810 bits per heavy atom. The molecule has 2 heterocycles. The van der Waals surface area contributed by atoms with Gasteiger partial charge in [-0.2, -0.15) is 0 Å². The Morgan fingerprint density at radius 1 is 0.500 bits per heavy atom. The van der Waals surface area contributed by atoms with E-state index in [1.54, 1.807) is 0 Å². The Kier molecular flexibility index (Phi) is 22.4. The van der Waals surface area contributed by atoms with Crippen molar-refractivity contribution in [3.63, 3.8) is 0 Å². The number of hydrogen-bond donors (Lipinski definition) is 0. The molecule has 0 saturated heterocycles. The normalized spacial score (nSPS) is 10.5. The van der Waals surface area contributed by atoms with Crippen molar-refractivity contribution in [3.05, 3.63) is 68.8 Å². The molecule has 42 heavy (non-hydrogen) atoms. The van der Waals surface area contributed by atoms with Crippen molar-refractivity contribution < 1.29 is 27.9 Å². The summed E-state index contributed by atoms with van der Waals surface area (Å²) in [4.78, 5) is 44.7. The molecule has 0 bridgehead atoms. The molecular weight excluding hydrogens is 536 g/mol. The first-order valence-electron chi connectivity index (χ1n) is 16.0. The Labute approximate surface area is 251 Å². The van der Waals surface area contributed by atoms with Crippen LogP contribution in [0.4, 0.5) is 0 Å². The fourth-order valence-corrected chi connectivity index (χ4v) is 4.27. The van der Waals surface area contributed by atoms with E-state index in [-0.39, 0.29) is 11.1 Å². The minimum absolute atomic E-state index is 0.278. The zero-order valence-corrected chi connectivity index (χ0v) is 25.9. The number of unbranched alkanes of at least 4 members (excludes halogenated alkanes) is 16. The zero-order valence-electron chi connectivity index (χ0n) is 25.9. The fourth-order valence-electron chi connectivity index (χ4n) is 4.27. The van der Waals surface area contributed by atoms with E-state index in [1.807, 2.05) is 0 Å². The van der Waals surface area contributed by atoms with Gasteiger partial charge in [-0.05, 0) is 25.0 Å². The van der Waals surface area contributed by atoms with Gasteiger partial charge in [-0.15, -0.1) is 0 Å². The van der Waals surface area contributed by atoms with Crippen LogP contribution < -0.4 is 11.3 Å². The number of ether oxygens (including phenoxy) is 2. The third kappa shape index (κ3) is 19.8. The van der Waals surface area contributed by atoms with Gasteiger partial charge in [0.25, 0.3) is 0 Å². The van der Waals surface area contributed by atoms with Crippen molar-refractivity contribution in [3.8, 4) is 0 Å². The third-order valence-electron chi connectivity index (χ3n) is 6.84. The lowest BCUT2D eigenvalue weighted by Crippen LogP contribution is -2.08. The smallest absolute Gasteiger partial charge is 0.341 e. The molecule has 0 unspecified atom stereocenters. The quantitative estimate of drug-likeness (QED) is 0.0992. The molecule has 0 aromatic carbocycles. The number of carbonyl (C=O) groups is 2. The lowest BCUT2D eigenvalue weighted by Gasteiger charge is -2.05. The van der Waals surface area contributed by atoms with Crippen LogP contribution in [0.5, 0.6) is 0 Å². The van der Waals surface area contributed by atoms with E-state index in [2.05, 4.69) is 22.7 Å². The summed E-state index contributed by atoms with van der Waals surface area (Å²) in [6, 6.07) is 5.27. The van der Waals surface area contributed by atoms with Gasteiger partial charge in [-0.1, -0.05) is 117 Å². The van der Waals surface area contributed by atoms with Gasteiger partial charge in [0, 0.05) is 12.1 Å². The molecule has 0 spiro atoms. The molecule has 0 radical (unpaired) electrons. The van der Waals surface area contributed by atoms with Gasteiger partial charge < -0.3 is 18.3 Å². The molecule has 236 valence electrons. The second-order valence-electron chi connectivity index (χ2n) is 10.6. The Morgan fingerprint density at radius 3 is 1.10 bits per heavy atom. The first-order valence-corrected chi connectivity index (χ1v) is 16.0. The van der Waals surface area contributed by atoms with Crippen molar-refractivity contribution in [1.82, 2.24) is 0 Å². The maximum atomic E-state index is 11.7. The van der Waals surface area contributed by atoms with E-state index in [4.69, 9.17) is 9.47 Å². The Hall–Kier alpha value is -3.16. The molecule has 0 atom stereocenters. The summed E-state index contributed by atoms with van der Waals surface area (Å²) in [5.74, 6) is -0.867. The van der Waals surface area contributed by atoms with Gasteiger partial charge in [0.05, 0.1) is 24.3 Å². The molecule has 0 saturated carbocycles. The maximum absolute atomic E-state index is 11.7. The van der Waals surface area contributed by atoms with Gasteiger partial charge in [0.1, 0.15) is 12.5 Å². The number of hydrogen-bond acceptors (Lipinski definition) is 8. The summed E-state index contributed by atoms with van der Waals surface area (Å²) in [5, 5.41) is 0. The fraction of sp³-hybridized carbons (Fsp3) is 0.647. The van der Waals surface area contributed by atoms with Crippen LogP contribution in [0.2, 0.25) is 0 Å². The molecule has 2 rings (SSSR count). The summed E-state index contributed by atoms with van der Waals surface area (Å²) in [6.07, 6.45) is 24.5. The SMILES string of the molecule is CCCCCCCCCCCCCCOC(=O)c1ccc(=O)oc1.CCCCCCCCOC(=O)c1ccc(=O)oc1. The van der Waals surface area contributed by atoms with Crippen LogP contribution in [-0.4, -0.2) is 25.2 Å². The van der Waals surface area contributed by atoms with Crippen LogP contribution in [0.25, 0.3) is 0 Å². The van der Waals surface area contributed by atoms with Crippen molar-refractivity contribution in [2.75, 3.05) is 13.2 Å². The first kappa shape index (κ1) is 36.9. The van der Waals surface area contributed by atoms with Gasteiger partial charge >= 0.3 is 23.2 Å². The van der Waals surface area contributed by atoms with Crippen LogP contribution in [0, 0.1) is 0 Å². The largest absolute Gasteiger partial charge is 0.462 e. The lowest BCUT2D eigenvalue weighted by atomic mass is 10.1. The Balaban J connectivity index is 0.000000437. The molecular formula is C34H52O8. The molecule has 2 aromatic rings. The highest BCUT2D eigenvalue weighted by Gasteiger charge is 2.08. The average molecular weight is 589 g/mol. The number of carbonyl (C=O) groups excluding carboxylic acids is 2. The van der Waals surface area contributed by atoms with E-state index >= 15 is 0 Å². The first-order chi connectivity index (χ1) is 20.5. The van der Waals surface area contributed by atoms with E-state index < -0.39 is 23.2 Å². The average Bonchev–Trinajstić information content (AvgIpc) is 3.00. The van der Waals surface area contributed by atoms with Crippen LogP contribution in [-0.2, 0) is 9.47 Å². The summed E-state index contributed by atoms with van der Waals surface area (Å²) in [7, 11) is 0. The molecule has 8 nitrogen and oxygen atoms in total. The van der Waals surface area contributed by atoms with E-state index in [1.165, 1.54) is 114 Å². The summed E-state index contributed by atoms with van der Waals surface area (Å²) >= 11 is 0. The molecule has 0 aliphatic carbocycles. The van der Waals surface area contributed by atoms with E-state index in [9.17, 15) is 19.2 Å². The highest BCUT2D eigenvalue weighted by Crippen LogP contribution is 2.12. The van der Waals surface area contributed by atoms with Crippen LogP contribution in [0.3, 0.4) is 0 Å². The molecule has 2 aromatic heterocycles. The van der Waals surface area contributed by atoms with Crippen LogP contribution in [0.1, 0.15) is 150 Å². The van der Waals surface area contributed by atoms with Gasteiger partial charge in [-0.3, -0.25) is 0 Å². The number of rotatable bonds is 22. The molecule has 0 N–H and O–H groups in total. The highest BCUT2D eigenvalue weighted by molar-refractivity contribution is 5.89. The molecule has 0 amide bonds. The van der Waals surface area contributed by atoms with Crippen molar-refractivity contribution >= 4 is 11.9 Å². The maximum Gasteiger partial charge on any atom is 0.341 e. The van der Waals surface area contributed by atoms with Gasteiger partial charge in [0.2, 0.25) is 0 Å². The summed E-state index contributed by atoms with van der Waals surface area (Å²) < 4.78 is 19.5. The number of esters is 2. The minimum Gasteiger partial charge on any atom is -0.462 e. The zero-order chi connectivity index (χ0) is 30.7. The summed E-state index contributed by atoms with van der Waals surface area (Å²) in [6.45, 7) is 5.28. The highest BCUT2D eigenvalue weighted by atomic mass is 16.5. The minimum atomic E-state index is -0.470. The lowest BCUT2D eigenvalue weighted by molar-refractivity contribution is 0.0485. The predicted molar refractivity (Wildman–Crippen MR) is 165 cm³/mol.